The van der Waals surface area contributed by atoms with E-state index in [1.165, 1.54) is 0 Å². The molecule has 0 aliphatic rings. The normalized spacial score (nSPS) is 10.9. The Balaban J connectivity index is 2.01. The number of ether oxygens (including phenoxy) is 1. The van der Waals surface area contributed by atoms with Crippen LogP contribution >= 0.6 is 0 Å². The van der Waals surface area contributed by atoms with E-state index in [-0.39, 0.29) is 17.4 Å². The zero-order valence-corrected chi connectivity index (χ0v) is 18.9. The topological polar surface area (TPSA) is 80.6 Å². The first-order chi connectivity index (χ1) is 15.6. The van der Waals surface area contributed by atoms with E-state index in [0.29, 0.717) is 35.3 Å². The van der Waals surface area contributed by atoms with E-state index < -0.39 is 5.56 Å². The summed E-state index contributed by atoms with van der Waals surface area (Å²) in [7, 11) is 0. The molecule has 0 atom stereocenters. The first-order valence-corrected chi connectivity index (χ1v) is 11.5. The molecule has 2 N–H and O–H groups in total. The standard InChI is InChI=1S/C26H32N2O4/c1-3-5-7-11-16-28-22-18-20(27-25(30)19-12-9-8-10-13-19)14-15-21(22)24(23(29)26(28)31)32-17-6-4-2/h8-10,12-15,18,29H,3-7,11,16-17H2,1-2H3,(H,27,30). The minimum atomic E-state index is -0.466. The van der Waals surface area contributed by atoms with Crippen molar-refractivity contribution in [2.24, 2.45) is 0 Å². The van der Waals surface area contributed by atoms with Gasteiger partial charge in [-0.15, -0.1) is 0 Å². The van der Waals surface area contributed by atoms with Crippen molar-refractivity contribution in [1.82, 2.24) is 4.57 Å². The lowest BCUT2D eigenvalue weighted by molar-refractivity contribution is 0.102. The number of aromatic nitrogens is 1. The summed E-state index contributed by atoms with van der Waals surface area (Å²) in [6.07, 6.45) is 5.80. The van der Waals surface area contributed by atoms with Gasteiger partial charge in [-0.05, 0) is 43.2 Å². The monoisotopic (exact) mass is 436 g/mol. The number of amides is 1. The molecule has 2 aromatic carbocycles. The Morgan fingerprint density at radius 1 is 1.00 bits per heavy atom. The van der Waals surface area contributed by atoms with Gasteiger partial charge in [0, 0.05) is 23.2 Å². The van der Waals surface area contributed by atoms with E-state index in [0.717, 1.165) is 38.5 Å². The van der Waals surface area contributed by atoms with E-state index in [1.807, 2.05) is 18.2 Å². The van der Waals surface area contributed by atoms with Gasteiger partial charge >= 0.3 is 0 Å². The number of carbonyl (C=O) groups excluding carboxylic acids is 1. The summed E-state index contributed by atoms with van der Waals surface area (Å²) in [6.45, 7) is 5.11. The van der Waals surface area contributed by atoms with Crippen molar-refractivity contribution >= 4 is 22.5 Å². The number of nitrogens with one attached hydrogen (secondary N) is 1. The Labute approximate surface area is 188 Å². The molecule has 170 valence electrons. The van der Waals surface area contributed by atoms with Crippen molar-refractivity contribution < 1.29 is 14.6 Å². The number of anilines is 1. The molecule has 0 radical (unpaired) electrons. The Morgan fingerprint density at radius 2 is 1.75 bits per heavy atom. The van der Waals surface area contributed by atoms with Crippen molar-refractivity contribution in [3.8, 4) is 11.5 Å². The summed E-state index contributed by atoms with van der Waals surface area (Å²) in [6, 6.07) is 14.3. The number of hydrogen-bond acceptors (Lipinski definition) is 4. The fourth-order valence-electron chi connectivity index (χ4n) is 3.66. The SMILES string of the molecule is CCCCCCn1c(=O)c(O)c(OCCCC)c2ccc(NC(=O)c3ccccc3)cc21. The van der Waals surface area contributed by atoms with Crippen LogP contribution in [-0.2, 0) is 6.54 Å². The van der Waals surface area contributed by atoms with E-state index in [1.54, 1.807) is 34.9 Å². The molecule has 0 aliphatic heterocycles. The number of carbonyl (C=O) groups is 1. The van der Waals surface area contributed by atoms with Crippen LogP contribution in [0.15, 0.2) is 53.3 Å². The van der Waals surface area contributed by atoms with Crippen LogP contribution in [0.3, 0.4) is 0 Å². The second-order valence-electron chi connectivity index (χ2n) is 7.95. The van der Waals surface area contributed by atoms with E-state index in [4.69, 9.17) is 4.74 Å². The van der Waals surface area contributed by atoms with Crippen molar-refractivity contribution in [2.45, 2.75) is 58.9 Å². The summed E-state index contributed by atoms with van der Waals surface area (Å²) in [4.78, 5) is 25.6. The van der Waals surface area contributed by atoms with Crippen molar-refractivity contribution in [3.05, 3.63) is 64.4 Å². The predicted octanol–water partition coefficient (Wildman–Crippen LogP) is 5.72. The van der Waals surface area contributed by atoms with Gasteiger partial charge in [-0.25, -0.2) is 0 Å². The van der Waals surface area contributed by atoms with Crippen LogP contribution in [0, 0.1) is 0 Å². The largest absolute Gasteiger partial charge is 0.500 e. The highest BCUT2D eigenvalue weighted by Gasteiger charge is 2.18. The third-order valence-corrected chi connectivity index (χ3v) is 5.47. The maximum atomic E-state index is 13.0. The Kier molecular flexibility index (Phi) is 8.31. The molecule has 0 saturated carbocycles. The number of fused-ring (bicyclic) bond motifs is 1. The van der Waals surface area contributed by atoms with Gasteiger partial charge in [0.1, 0.15) is 0 Å². The number of aryl methyl sites for hydroxylation is 1. The fraction of sp³-hybridized carbons (Fsp3) is 0.385. The lowest BCUT2D eigenvalue weighted by Crippen LogP contribution is -2.22. The summed E-state index contributed by atoms with van der Waals surface area (Å²) in [5.41, 5.74) is 1.31. The first-order valence-electron chi connectivity index (χ1n) is 11.5. The van der Waals surface area contributed by atoms with Crippen LogP contribution in [0.2, 0.25) is 0 Å². The minimum absolute atomic E-state index is 0.212. The Hall–Kier alpha value is -3.28. The molecule has 32 heavy (non-hydrogen) atoms. The third kappa shape index (κ3) is 5.49. The van der Waals surface area contributed by atoms with Crippen LogP contribution in [0.4, 0.5) is 5.69 Å². The molecule has 3 rings (SSSR count). The number of benzene rings is 2. The van der Waals surface area contributed by atoms with E-state index >= 15 is 0 Å². The molecule has 1 aromatic heterocycles. The smallest absolute Gasteiger partial charge is 0.297 e. The average Bonchev–Trinajstić information content (AvgIpc) is 2.81. The van der Waals surface area contributed by atoms with Crippen LogP contribution in [0.5, 0.6) is 11.5 Å². The number of pyridine rings is 1. The molecule has 0 fully saturated rings. The molecule has 0 saturated heterocycles. The van der Waals surface area contributed by atoms with Crippen molar-refractivity contribution in [2.75, 3.05) is 11.9 Å². The van der Waals surface area contributed by atoms with Gasteiger partial charge < -0.3 is 19.7 Å². The zero-order chi connectivity index (χ0) is 22.9. The van der Waals surface area contributed by atoms with Gasteiger partial charge in [-0.3, -0.25) is 9.59 Å². The molecule has 0 spiro atoms. The second-order valence-corrected chi connectivity index (χ2v) is 7.95. The van der Waals surface area contributed by atoms with Crippen LogP contribution < -0.4 is 15.6 Å². The zero-order valence-electron chi connectivity index (χ0n) is 18.9. The predicted molar refractivity (Wildman–Crippen MR) is 129 cm³/mol. The highest BCUT2D eigenvalue weighted by Crippen LogP contribution is 2.34. The molecule has 0 aliphatic carbocycles. The van der Waals surface area contributed by atoms with Gasteiger partial charge in [0.25, 0.3) is 11.5 Å². The Bertz CT molecular complexity index is 1110. The second kappa shape index (κ2) is 11.4. The molecule has 1 amide bonds. The summed E-state index contributed by atoms with van der Waals surface area (Å²) >= 11 is 0. The van der Waals surface area contributed by atoms with Gasteiger partial charge in [0.15, 0.2) is 5.75 Å². The molecule has 0 unspecified atom stereocenters. The highest BCUT2D eigenvalue weighted by atomic mass is 16.5. The summed E-state index contributed by atoms with van der Waals surface area (Å²) in [5.74, 6) is -0.366. The molecule has 3 aromatic rings. The molecule has 0 bridgehead atoms. The third-order valence-electron chi connectivity index (χ3n) is 5.47. The molecular formula is C26H32N2O4. The van der Waals surface area contributed by atoms with E-state index in [2.05, 4.69) is 19.2 Å². The van der Waals surface area contributed by atoms with Crippen LogP contribution in [0.1, 0.15) is 62.7 Å². The molecule has 6 heteroatoms. The fourth-order valence-corrected chi connectivity index (χ4v) is 3.66. The minimum Gasteiger partial charge on any atom is -0.500 e. The maximum absolute atomic E-state index is 13.0. The van der Waals surface area contributed by atoms with Crippen LogP contribution in [-0.4, -0.2) is 22.2 Å². The first kappa shape index (κ1) is 23.4. The maximum Gasteiger partial charge on any atom is 0.297 e. The van der Waals surface area contributed by atoms with E-state index in [9.17, 15) is 14.7 Å². The lowest BCUT2D eigenvalue weighted by Gasteiger charge is -2.17. The lowest BCUT2D eigenvalue weighted by atomic mass is 10.1. The quantitative estimate of drug-likeness (QED) is 0.377. The molecular weight excluding hydrogens is 404 g/mol. The number of rotatable bonds is 11. The number of hydrogen-bond donors (Lipinski definition) is 2. The average molecular weight is 437 g/mol. The van der Waals surface area contributed by atoms with Gasteiger partial charge in [0.2, 0.25) is 5.75 Å². The molecule has 1 heterocycles. The number of aromatic hydroxyl groups is 1. The summed E-state index contributed by atoms with van der Waals surface area (Å²) in [5, 5.41) is 14.2. The highest BCUT2D eigenvalue weighted by molar-refractivity contribution is 6.05. The van der Waals surface area contributed by atoms with Crippen molar-refractivity contribution in [3.63, 3.8) is 0 Å². The van der Waals surface area contributed by atoms with Crippen LogP contribution in [0.25, 0.3) is 10.9 Å². The number of unbranched alkanes of at least 4 members (excludes halogenated alkanes) is 4. The van der Waals surface area contributed by atoms with Crippen molar-refractivity contribution in [1.29, 1.82) is 0 Å². The number of nitrogens with zero attached hydrogens (tertiary/aromatic N) is 1. The summed E-state index contributed by atoms with van der Waals surface area (Å²) < 4.78 is 7.40. The Morgan fingerprint density at radius 3 is 2.47 bits per heavy atom. The van der Waals surface area contributed by atoms with Gasteiger partial charge in [-0.2, -0.15) is 0 Å². The van der Waals surface area contributed by atoms with Gasteiger partial charge in [-0.1, -0.05) is 57.7 Å². The van der Waals surface area contributed by atoms with Gasteiger partial charge in [0.05, 0.1) is 12.1 Å². The molecule has 6 nitrogen and oxygen atoms in total.